The summed E-state index contributed by atoms with van der Waals surface area (Å²) in [6.07, 6.45) is 2.33. The lowest BCUT2D eigenvalue weighted by Gasteiger charge is -2.25. The summed E-state index contributed by atoms with van der Waals surface area (Å²) in [4.78, 5) is 41.9. The molecule has 194 valence electrons. The molecular weight excluding hydrogens is 458 g/mol. The number of aryl methyl sites for hydroxylation is 1. The Balaban J connectivity index is 1.74. The van der Waals surface area contributed by atoms with Crippen molar-refractivity contribution in [3.63, 3.8) is 0 Å². The molecule has 0 aliphatic heterocycles. The number of nitrogens with zero attached hydrogens (tertiary/aromatic N) is 4. The molecule has 0 spiro atoms. The molecule has 10 heteroatoms. The van der Waals surface area contributed by atoms with E-state index in [4.69, 9.17) is 5.73 Å². The van der Waals surface area contributed by atoms with Crippen molar-refractivity contribution in [2.24, 2.45) is 0 Å². The first-order valence-electron chi connectivity index (χ1n) is 12.5. The molecule has 2 aromatic heterocycles. The third-order valence-electron chi connectivity index (χ3n) is 6.26. The molecule has 36 heavy (non-hydrogen) atoms. The zero-order valence-electron chi connectivity index (χ0n) is 21.6. The number of nitrogens with two attached hydrogens (primary N) is 1. The van der Waals surface area contributed by atoms with Crippen molar-refractivity contribution in [3.8, 4) is 0 Å². The number of aromatic amines is 1. The molecule has 0 unspecified atom stereocenters. The molecule has 0 aliphatic carbocycles. The Morgan fingerprint density at radius 2 is 1.86 bits per heavy atom. The van der Waals surface area contributed by atoms with Gasteiger partial charge in [-0.3, -0.25) is 23.8 Å². The zero-order chi connectivity index (χ0) is 26.2. The highest BCUT2D eigenvalue weighted by atomic mass is 16.2. The average molecular weight is 496 g/mol. The molecule has 0 fully saturated rings. The van der Waals surface area contributed by atoms with Crippen LogP contribution in [0.3, 0.4) is 0 Å². The maximum absolute atomic E-state index is 12.9. The summed E-state index contributed by atoms with van der Waals surface area (Å²) in [6, 6.07) is 10.1. The van der Waals surface area contributed by atoms with Gasteiger partial charge in [0.1, 0.15) is 11.5 Å². The molecule has 0 atom stereocenters. The average Bonchev–Trinajstić information content (AvgIpc) is 3.10. The van der Waals surface area contributed by atoms with Crippen LogP contribution in [0.2, 0.25) is 0 Å². The molecule has 0 radical (unpaired) electrons. The number of nitrogen functional groups attached to an aromatic ring is 1. The minimum absolute atomic E-state index is 0.0522. The number of benzene rings is 1. The van der Waals surface area contributed by atoms with E-state index in [-0.39, 0.29) is 24.0 Å². The quantitative estimate of drug-likeness (QED) is 0.353. The molecule has 3 rings (SSSR count). The van der Waals surface area contributed by atoms with E-state index in [9.17, 15) is 14.4 Å². The van der Waals surface area contributed by atoms with Gasteiger partial charge < -0.3 is 16.0 Å². The fourth-order valence-corrected chi connectivity index (χ4v) is 4.28. The van der Waals surface area contributed by atoms with Crippen molar-refractivity contribution >= 4 is 17.4 Å². The van der Waals surface area contributed by atoms with Gasteiger partial charge in [-0.1, -0.05) is 50.6 Å². The Morgan fingerprint density at radius 3 is 2.53 bits per heavy atom. The molecule has 3 aromatic rings. The van der Waals surface area contributed by atoms with Crippen molar-refractivity contribution in [2.75, 3.05) is 23.7 Å². The molecule has 10 nitrogen and oxygen atoms in total. The highest BCUT2D eigenvalue weighted by Crippen LogP contribution is 2.18. The molecule has 0 saturated heterocycles. The Morgan fingerprint density at radius 1 is 1.14 bits per heavy atom. The molecule has 2 heterocycles. The van der Waals surface area contributed by atoms with Crippen LogP contribution in [-0.4, -0.2) is 38.3 Å². The van der Waals surface area contributed by atoms with E-state index >= 15 is 0 Å². The lowest BCUT2D eigenvalue weighted by molar-refractivity contribution is -0.119. The lowest BCUT2D eigenvalue weighted by atomic mass is 10.2. The Bertz CT molecular complexity index is 1290. The van der Waals surface area contributed by atoms with Gasteiger partial charge in [-0.15, -0.1) is 0 Å². The first-order valence-corrected chi connectivity index (χ1v) is 12.5. The number of carbonyl (C=O) groups excluding carboxylic acids is 1. The predicted octanol–water partition coefficient (Wildman–Crippen LogP) is 2.31. The van der Waals surface area contributed by atoms with Gasteiger partial charge in [0.15, 0.2) is 0 Å². The number of hydrogen-bond acceptors (Lipinski definition) is 6. The fourth-order valence-electron chi connectivity index (χ4n) is 4.28. The molecule has 4 N–H and O–H groups in total. The number of unbranched alkanes of at least 4 members (excludes halogenated alkanes) is 1. The second kappa shape index (κ2) is 12.2. The number of carbonyl (C=O) groups is 1. The van der Waals surface area contributed by atoms with E-state index in [0.717, 1.165) is 35.4 Å². The van der Waals surface area contributed by atoms with E-state index in [2.05, 4.69) is 27.5 Å². The van der Waals surface area contributed by atoms with Crippen LogP contribution >= 0.6 is 0 Å². The van der Waals surface area contributed by atoms with Gasteiger partial charge in [-0.2, -0.15) is 5.10 Å². The van der Waals surface area contributed by atoms with E-state index in [1.807, 2.05) is 50.6 Å². The maximum atomic E-state index is 12.9. The monoisotopic (exact) mass is 495 g/mol. The number of hydrogen-bond donors (Lipinski definition) is 3. The number of amides is 1. The first-order chi connectivity index (χ1) is 17.3. The van der Waals surface area contributed by atoms with Crippen molar-refractivity contribution in [2.45, 2.75) is 66.6 Å². The van der Waals surface area contributed by atoms with Crippen LogP contribution in [0.4, 0.5) is 11.5 Å². The minimum Gasteiger partial charge on any atom is -0.383 e. The third-order valence-corrected chi connectivity index (χ3v) is 6.26. The van der Waals surface area contributed by atoms with E-state index in [1.165, 1.54) is 4.57 Å². The Kier molecular flexibility index (Phi) is 9.10. The van der Waals surface area contributed by atoms with Gasteiger partial charge in [0, 0.05) is 30.9 Å². The maximum Gasteiger partial charge on any atom is 0.330 e. The largest absolute Gasteiger partial charge is 0.383 e. The second-order valence-corrected chi connectivity index (χ2v) is 8.99. The molecule has 1 aromatic carbocycles. The number of anilines is 2. The predicted molar refractivity (Wildman–Crippen MR) is 142 cm³/mol. The number of nitrogens with one attached hydrogen (secondary N) is 2. The van der Waals surface area contributed by atoms with Crippen LogP contribution < -0.4 is 27.2 Å². The lowest BCUT2D eigenvalue weighted by Crippen LogP contribution is -2.43. The highest BCUT2D eigenvalue weighted by molar-refractivity contribution is 5.82. The summed E-state index contributed by atoms with van der Waals surface area (Å²) in [7, 11) is 0. The number of rotatable bonds is 12. The van der Waals surface area contributed by atoms with Gasteiger partial charge in [0.2, 0.25) is 5.91 Å². The standard InChI is InChI=1S/C26H37N7O3/c1-5-7-14-32-24(27)23(25(35)29-26(32)36)31(13-6-2)17-22(34)28-15-21-18(3)30-33(19(21)4)16-20-11-9-8-10-12-20/h8-12H,5-7,13-17,27H2,1-4H3,(H,28,34)(H,29,35,36). The van der Waals surface area contributed by atoms with Crippen LogP contribution in [0.5, 0.6) is 0 Å². The molecule has 1 amide bonds. The molecule has 0 bridgehead atoms. The van der Waals surface area contributed by atoms with Gasteiger partial charge >= 0.3 is 5.69 Å². The number of aromatic nitrogens is 4. The first kappa shape index (κ1) is 26.8. The third kappa shape index (κ3) is 6.24. The minimum atomic E-state index is -0.583. The Hall–Kier alpha value is -3.82. The second-order valence-electron chi connectivity index (χ2n) is 8.99. The van der Waals surface area contributed by atoms with Crippen molar-refractivity contribution in [1.82, 2.24) is 24.6 Å². The normalized spacial score (nSPS) is 11.0. The number of H-pyrrole nitrogens is 1. The summed E-state index contributed by atoms with van der Waals surface area (Å²) in [5.41, 5.74) is 9.27. The highest BCUT2D eigenvalue weighted by Gasteiger charge is 2.21. The van der Waals surface area contributed by atoms with Crippen LogP contribution in [0.25, 0.3) is 0 Å². The van der Waals surface area contributed by atoms with Crippen molar-refractivity contribution in [3.05, 3.63) is 73.7 Å². The Labute approximate surface area is 211 Å². The summed E-state index contributed by atoms with van der Waals surface area (Å²) in [5, 5.41) is 7.61. The van der Waals surface area contributed by atoms with E-state index < -0.39 is 11.2 Å². The summed E-state index contributed by atoms with van der Waals surface area (Å²) in [6.45, 7) is 9.67. The van der Waals surface area contributed by atoms with Gasteiger partial charge in [-0.25, -0.2) is 4.79 Å². The van der Waals surface area contributed by atoms with Gasteiger partial charge in [-0.05, 0) is 32.3 Å². The zero-order valence-corrected chi connectivity index (χ0v) is 21.6. The van der Waals surface area contributed by atoms with Crippen molar-refractivity contribution < 1.29 is 4.79 Å². The molecule has 0 saturated carbocycles. The van der Waals surface area contributed by atoms with Crippen molar-refractivity contribution in [1.29, 1.82) is 0 Å². The molecule has 0 aliphatic rings. The topological polar surface area (TPSA) is 131 Å². The van der Waals surface area contributed by atoms with Gasteiger partial charge in [0.25, 0.3) is 5.56 Å². The SMILES string of the molecule is CCCCn1c(N)c(N(CCC)CC(=O)NCc2c(C)nn(Cc3ccccc3)c2C)c(=O)[nH]c1=O. The van der Waals surface area contributed by atoms with E-state index in [1.54, 1.807) is 4.90 Å². The van der Waals surface area contributed by atoms with Crippen LogP contribution in [0, 0.1) is 13.8 Å². The van der Waals surface area contributed by atoms with Gasteiger partial charge in [0.05, 0.1) is 18.8 Å². The van der Waals surface area contributed by atoms with Crippen LogP contribution in [0.1, 0.15) is 55.6 Å². The fraction of sp³-hybridized carbons (Fsp3) is 0.462. The van der Waals surface area contributed by atoms with E-state index in [0.29, 0.717) is 32.6 Å². The van der Waals surface area contributed by atoms with Crippen LogP contribution in [-0.2, 0) is 24.4 Å². The van der Waals surface area contributed by atoms with Crippen LogP contribution in [0.15, 0.2) is 39.9 Å². The summed E-state index contributed by atoms with van der Waals surface area (Å²) >= 11 is 0. The molecular formula is C26H37N7O3. The summed E-state index contributed by atoms with van der Waals surface area (Å²) in [5.74, 6) is -0.157. The summed E-state index contributed by atoms with van der Waals surface area (Å²) < 4.78 is 3.31. The smallest absolute Gasteiger partial charge is 0.330 e.